The molecule has 0 unspecified atom stereocenters. The fourth-order valence-electron chi connectivity index (χ4n) is 3.27. The highest BCUT2D eigenvalue weighted by molar-refractivity contribution is 5.93. The van der Waals surface area contributed by atoms with Crippen LogP contribution in [0, 0.1) is 5.92 Å². The van der Waals surface area contributed by atoms with Gasteiger partial charge in [-0.25, -0.2) is 0 Å². The van der Waals surface area contributed by atoms with E-state index in [1.165, 1.54) is 5.56 Å². The van der Waals surface area contributed by atoms with Gasteiger partial charge in [0.25, 0.3) is 0 Å². The van der Waals surface area contributed by atoms with Crippen molar-refractivity contribution < 1.29 is 14.3 Å². The molecule has 33 heavy (non-hydrogen) atoms. The highest BCUT2D eigenvalue weighted by Crippen LogP contribution is 2.19. The quantitative estimate of drug-likeness (QED) is 0.308. The first-order valence-corrected chi connectivity index (χ1v) is 11.6. The molecule has 3 aromatic rings. The topological polar surface area (TPSA) is 59.6 Å². The summed E-state index contributed by atoms with van der Waals surface area (Å²) in [6, 6.07) is 25.6. The molecule has 3 rings (SSSR count). The van der Waals surface area contributed by atoms with Crippen molar-refractivity contribution in [2.45, 2.75) is 33.1 Å². The smallest absolute Gasteiger partial charge is 0.243 e. The second-order valence-electron chi connectivity index (χ2n) is 8.43. The lowest BCUT2D eigenvalue weighted by Crippen LogP contribution is -2.21. The van der Waals surface area contributed by atoms with Crippen LogP contribution < -0.4 is 20.1 Å². The first-order valence-electron chi connectivity index (χ1n) is 11.6. The van der Waals surface area contributed by atoms with E-state index in [4.69, 9.17) is 9.47 Å². The third-order valence-electron chi connectivity index (χ3n) is 5.09. The van der Waals surface area contributed by atoms with Crippen molar-refractivity contribution in [2.75, 3.05) is 30.4 Å². The Morgan fingerprint density at radius 1 is 0.818 bits per heavy atom. The second kappa shape index (κ2) is 13.2. The summed E-state index contributed by atoms with van der Waals surface area (Å²) in [5.41, 5.74) is 2.88. The van der Waals surface area contributed by atoms with Crippen molar-refractivity contribution in [1.29, 1.82) is 0 Å². The number of ether oxygens (including phenoxy) is 2. The SMILES string of the molecule is CC(C)CCOc1cccc(NC(=O)CNc2cccc(OCCCc3ccccc3)c2)c1. The van der Waals surface area contributed by atoms with Gasteiger partial charge in [-0.15, -0.1) is 0 Å². The van der Waals surface area contributed by atoms with E-state index in [0.717, 1.165) is 42.1 Å². The van der Waals surface area contributed by atoms with Gasteiger partial charge >= 0.3 is 0 Å². The number of carbonyl (C=O) groups excluding carboxylic acids is 1. The summed E-state index contributed by atoms with van der Waals surface area (Å²) in [5, 5.41) is 6.07. The molecule has 0 aromatic heterocycles. The molecule has 0 saturated heterocycles. The Morgan fingerprint density at radius 3 is 2.21 bits per heavy atom. The third-order valence-corrected chi connectivity index (χ3v) is 5.09. The maximum absolute atomic E-state index is 12.4. The van der Waals surface area contributed by atoms with Crippen LogP contribution in [0.1, 0.15) is 32.3 Å². The lowest BCUT2D eigenvalue weighted by atomic mass is 10.1. The van der Waals surface area contributed by atoms with Gasteiger partial charge in [-0.1, -0.05) is 56.3 Å². The van der Waals surface area contributed by atoms with Crippen molar-refractivity contribution in [3.8, 4) is 11.5 Å². The normalized spacial score (nSPS) is 10.6. The minimum absolute atomic E-state index is 0.122. The molecule has 1 amide bonds. The molecule has 0 heterocycles. The molecule has 2 N–H and O–H groups in total. The van der Waals surface area contributed by atoms with E-state index in [2.05, 4.69) is 48.7 Å². The molecule has 0 aliphatic carbocycles. The number of hydrogen-bond donors (Lipinski definition) is 2. The minimum Gasteiger partial charge on any atom is -0.494 e. The van der Waals surface area contributed by atoms with E-state index < -0.39 is 0 Å². The fourth-order valence-corrected chi connectivity index (χ4v) is 3.27. The third kappa shape index (κ3) is 9.27. The van der Waals surface area contributed by atoms with Gasteiger partial charge in [0, 0.05) is 23.5 Å². The predicted molar refractivity (Wildman–Crippen MR) is 135 cm³/mol. The zero-order valence-corrected chi connectivity index (χ0v) is 19.6. The average molecular weight is 447 g/mol. The Labute approximate surface area is 197 Å². The van der Waals surface area contributed by atoms with Crippen molar-refractivity contribution in [3.05, 3.63) is 84.4 Å². The highest BCUT2D eigenvalue weighted by Gasteiger charge is 2.05. The molecule has 0 aliphatic rings. The van der Waals surface area contributed by atoms with Crippen molar-refractivity contribution >= 4 is 17.3 Å². The largest absolute Gasteiger partial charge is 0.494 e. The Bertz CT molecular complexity index is 989. The maximum Gasteiger partial charge on any atom is 0.243 e. The lowest BCUT2D eigenvalue weighted by molar-refractivity contribution is -0.114. The minimum atomic E-state index is -0.122. The summed E-state index contributed by atoms with van der Waals surface area (Å²) in [5.74, 6) is 2.03. The van der Waals surface area contributed by atoms with Gasteiger partial charge in [0.1, 0.15) is 11.5 Å². The van der Waals surface area contributed by atoms with Crippen molar-refractivity contribution in [2.24, 2.45) is 5.92 Å². The molecule has 0 atom stereocenters. The first kappa shape index (κ1) is 24.2. The van der Waals surface area contributed by atoms with Gasteiger partial charge in [-0.2, -0.15) is 0 Å². The number of nitrogens with one attached hydrogen (secondary N) is 2. The van der Waals surface area contributed by atoms with Crippen molar-refractivity contribution in [3.63, 3.8) is 0 Å². The number of anilines is 2. The molecular formula is C28H34N2O3. The molecule has 0 radical (unpaired) electrons. The molecule has 174 valence electrons. The Kier molecular flexibility index (Phi) is 9.64. The number of carbonyl (C=O) groups is 1. The van der Waals surface area contributed by atoms with E-state index in [-0.39, 0.29) is 12.5 Å². The number of amides is 1. The summed E-state index contributed by atoms with van der Waals surface area (Å²) in [7, 11) is 0. The van der Waals surface area contributed by atoms with Crippen LogP contribution in [0.15, 0.2) is 78.9 Å². The summed E-state index contributed by atoms with van der Waals surface area (Å²) in [6.45, 7) is 5.81. The highest BCUT2D eigenvalue weighted by atomic mass is 16.5. The monoisotopic (exact) mass is 446 g/mol. The molecule has 0 fully saturated rings. The molecule has 0 aliphatic heterocycles. The van der Waals surface area contributed by atoms with Gasteiger partial charge in [-0.05, 0) is 55.0 Å². The van der Waals surface area contributed by atoms with E-state index in [1.807, 2.05) is 54.6 Å². The molecule has 5 nitrogen and oxygen atoms in total. The average Bonchev–Trinajstić information content (AvgIpc) is 2.82. The van der Waals surface area contributed by atoms with E-state index in [9.17, 15) is 4.79 Å². The van der Waals surface area contributed by atoms with Crippen LogP contribution in [-0.4, -0.2) is 25.7 Å². The molecule has 0 spiro atoms. The Morgan fingerprint density at radius 2 is 1.48 bits per heavy atom. The Hall–Kier alpha value is -3.47. The summed E-state index contributed by atoms with van der Waals surface area (Å²) in [6.07, 6.45) is 2.93. The predicted octanol–water partition coefficient (Wildman–Crippen LogP) is 6.17. The van der Waals surface area contributed by atoms with Crippen LogP contribution in [0.25, 0.3) is 0 Å². The summed E-state index contributed by atoms with van der Waals surface area (Å²) < 4.78 is 11.6. The van der Waals surface area contributed by atoms with Gasteiger partial charge < -0.3 is 20.1 Å². The lowest BCUT2D eigenvalue weighted by Gasteiger charge is -2.12. The molecular weight excluding hydrogens is 412 g/mol. The zero-order chi connectivity index (χ0) is 23.3. The number of hydrogen-bond acceptors (Lipinski definition) is 4. The maximum atomic E-state index is 12.4. The summed E-state index contributed by atoms with van der Waals surface area (Å²) >= 11 is 0. The van der Waals surface area contributed by atoms with Crippen LogP contribution >= 0.6 is 0 Å². The Balaban J connectivity index is 1.40. The van der Waals surface area contributed by atoms with Crippen LogP contribution in [0.4, 0.5) is 11.4 Å². The van der Waals surface area contributed by atoms with Crippen LogP contribution in [0.3, 0.4) is 0 Å². The number of aryl methyl sites for hydroxylation is 1. The standard InChI is InChI=1S/C28H34N2O3/c1-22(2)16-18-33-27-15-7-13-25(20-27)30-28(31)21-29-24-12-6-14-26(19-24)32-17-8-11-23-9-4-3-5-10-23/h3-7,9-10,12-15,19-20,22,29H,8,11,16-18,21H2,1-2H3,(H,30,31). The van der Waals surface area contributed by atoms with Crippen LogP contribution in [0.5, 0.6) is 11.5 Å². The van der Waals surface area contributed by atoms with E-state index in [1.54, 1.807) is 0 Å². The van der Waals surface area contributed by atoms with E-state index in [0.29, 0.717) is 19.1 Å². The number of benzene rings is 3. The van der Waals surface area contributed by atoms with Crippen LogP contribution in [0.2, 0.25) is 0 Å². The van der Waals surface area contributed by atoms with Crippen molar-refractivity contribution in [1.82, 2.24) is 0 Å². The van der Waals surface area contributed by atoms with Gasteiger partial charge in [0.15, 0.2) is 0 Å². The first-order chi connectivity index (χ1) is 16.1. The van der Waals surface area contributed by atoms with Gasteiger partial charge in [-0.3, -0.25) is 4.79 Å². The van der Waals surface area contributed by atoms with Gasteiger partial charge in [0.05, 0.1) is 19.8 Å². The van der Waals surface area contributed by atoms with Crippen LogP contribution in [-0.2, 0) is 11.2 Å². The molecule has 5 heteroatoms. The fraction of sp³-hybridized carbons (Fsp3) is 0.321. The molecule has 3 aromatic carbocycles. The van der Waals surface area contributed by atoms with E-state index >= 15 is 0 Å². The molecule has 0 saturated carbocycles. The zero-order valence-electron chi connectivity index (χ0n) is 19.6. The number of rotatable bonds is 13. The molecule has 0 bridgehead atoms. The van der Waals surface area contributed by atoms with Gasteiger partial charge in [0.2, 0.25) is 5.91 Å². The second-order valence-corrected chi connectivity index (χ2v) is 8.43. The summed E-state index contributed by atoms with van der Waals surface area (Å²) in [4.78, 5) is 12.4.